The molecule has 4 atom stereocenters. The van der Waals surface area contributed by atoms with Crippen molar-refractivity contribution in [2.24, 2.45) is 11.8 Å². The van der Waals surface area contributed by atoms with Gasteiger partial charge in [-0.15, -0.1) is 0 Å². The summed E-state index contributed by atoms with van der Waals surface area (Å²) in [5.74, 6) is -1.66. The Morgan fingerprint density at radius 1 is 0.969 bits per heavy atom. The number of unbranched alkanes of at least 4 members (excludes halogenated alkanes) is 1. The zero-order chi connectivity index (χ0) is 24.1. The Morgan fingerprint density at radius 2 is 1.66 bits per heavy atom. The molecule has 0 saturated heterocycles. The molecular weight excluding hydrogens is 412 g/mol. The zero-order valence-electron chi connectivity index (χ0n) is 20.6. The van der Waals surface area contributed by atoms with Crippen molar-refractivity contribution >= 4 is 23.5 Å². The van der Waals surface area contributed by atoms with Crippen molar-refractivity contribution in [1.29, 1.82) is 0 Å². The molecule has 0 heterocycles. The maximum atomic E-state index is 12.1. The fourth-order valence-corrected chi connectivity index (χ4v) is 4.86. The number of Topliss-reactive ketones (excluding diaryl/α,β-unsaturated/α-hetero) is 2. The molecule has 1 aliphatic rings. The van der Waals surface area contributed by atoms with Gasteiger partial charge in [0.15, 0.2) is 0 Å². The van der Waals surface area contributed by atoms with Gasteiger partial charge in [-0.05, 0) is 63.7 Å². The number of hydrogen-bond donors (Lipinski definition) is 0. The van der Waals surface area contributed by atoms with Crippen molar-refractivity contribution in [1.82, 2.24) is 0 Å². The van der Waals surface area contributed by atoms with E-state index in [9.17, 15) is 19.2 Å². The van der Waals surface area contributed by atoms with Crippen LogP contribution in [0.5, 0.6) is 0 Å². The van der Waals surface area contributed by atoms with E-state index in [1.54, 1.807) is 7.11 Å². The van der Waals surface area contributed by atoms with Crippen LogP contribution in [-0.2, 0) is 33.4 Å². The van der Waals surface area contributed by atoms with E-state index in [-0.39, 0.29) is 35.8 Å². The molecule has 0 amide bonds. The summed E-state index contributed by atoms with van der Waals surface area (Å²) in [5, 5.41) is 0. The molecule has 7 heteroatoms. The molecule has 1 aliphatic carbocycles. The van der Waals surface area contributed by atoms with E-state index >= 15 is 0 Å². The van der Waals surface area contributed by atoms with E-state index in [1.165, 1.54) is 6.92 Å². The first-order valence-electron chi connectivity index (χ1n) is 12.0. The van der Waals surface area contributed by atoms with Gasteiger partial charge in [-0.1, -0.05) is 26.2 Å². The largest absolute Gasteiger partial charge is 0.463 e. The minimum absolute atomic E-state index is 0.0992. The van der Waals surface area contributed by atoms with Gasteiger partial charge in [0, 0.05) is 20.5 Å². The minimum Gasteiger partial charge on any atom is -0.463 e. The SMILES string of the molecule is CCCCC(C)(CCC[C@H]1CC[C@H](OC(C)=O)[C@@H]1CCCC(=O)CC(=O)C(=O)OC)OC. The number of hydrogen-bond acceptors (Lipinski definition) is 7. The van der Waals surface area contributed by atoms with Gasteiger partial charge in [-0.25, -0.2) is 4.79 Å². The molecule has 7 nitrogen and oxygen atoms in total. The highest BCUT2D eigenvalue weighted by Gasteiger charge is 2.37. The Labute approximate surface area is 192 Å². The highest BCUT2D eigenvalue weighted by atomic mass is 16.5. The summed E-state index contributed by atoms with van der Waals surface area (Å²) in [7, 11) is 2.91. The fraction of sp³-hybridized carbons (Fsp3) is 0.840. The third-order valence-electron chi connectivity index (χ3n) is 6.82. The van der Waals surface area contributed by atoms with Gasteiger partial charge in [0.25, 0.3) is 0 Å². The average molecular weight is 455 g/mol. The number of carbonyl (C=O) groups is 4. The van der Waals surface area contributed by atoms with E-state index in [4.69, 9.17) is 9.47 Å². The van der Waals surface area contributed by atoms with Gasteiger partial charge in [-0.3, -0.25) is 14.4 Å². The molecule has 0 spiro atoms. The summed E-state index contributed by atoms with van der Waals surface area (Å²) in [5.41, 5.74) is -0.0992. The van der Waals surface area contributed by atoms with Gasteiger partial charge in [0.1, 0.15) is 11.9 Å². The van der Waals surface area contributed by atoms with E-state index in [0.29, 0.717) is 12.3 Å². The van der Waals surface area contributed by atoms with Gasteiger partial charge < -0.3 is 14.2 Å². The lowest BCUT2D eigenvalue weighted by Gasteiger charge is -2.30. The third kappa shape index (κ3) is 9.80. The molecule has 0 bridgehead atoms. The first-order chi connectivity index (χ1) is 15.2. The lowest BCUT2D eigenvalue weighted by Crippen LogP contribution is -2.28. The second-order valence-electron chi connectivity index (χ2n) is 9.32. The van der Waals surface area contributed by atoms with E-state index in [0.717, 1.165) is 64.9 Å². The quantitative estimate of drug-likeness (QED) is 0.191. The molecule has 1 rings (SSSR count). The number of methoxy groups -OCH3 is 2. The van der Waals surface area contributed by atoms with Crippen molar-refractivity contribution < 1.29 is 33.4 Å². The van der Waals surface area contributed by atoms with Crippen LogP contribution < -0.4 is 0 Å². The highest BCUT2D eigenvalue weighted by molar-refractivity contribution is 6.37. The molecule has 184 valence electrons. The summed E-state index contributed by atoms with van der Waals surface area (Å²) in [4.78, 5) is 46.4. The highest BCUT2D eigenvalue weighted by Crippen LogP contribution is 2.41. The maximum Gasteiger partial charge on any atom is 0.374 e. The van der Waals surface area contributed by atoms with E-state index in [1.807, 2.05) is 0 Å². The first-order valence-corrected chi connectivity index (χ1v) is 12.0. The molecule has 0 N–H and O–H groups in total. The topological polar surface area (TPSA) is 96.0 Å². The second-order valence-corrected chi connectivity index (χ2v) is 9.32. The molecular formula is C25H42O7. The van der Waals surface area contributed by atoms with Crippen LogP contribution in [0.25, 0.3) is 0 Å². The zero-order valence-corrected chi connectivity index (χ0v) is 20.6. The Hall–Kier alpha value is -1.76. The van der Waals surface area contributed by atoms with Crippen LogP contribution in [0.2, 0.25) is 0 Å². The van der Waals surface area contributed by atoms with Crippen LogP contribution in [0.15, 0.2) is 0 Å². The monoisotopic (exact) mass is 454 g/mol. The fourth-order valence-electron chi connectivity index (χ4n) is 4.86. The summed E-state index contributed by atoms with van der Waals surface area (Å²) in [6, 6.07) is 0. The number of rotatable bonds is 16. The summed E-state index contributed by atoms with van der Waals surface area (Å²) >= 11 is 0. The molecule has 0 aromatic rings. The van der Waals surface area contributed by atoms with E-state index in [2.05, 4.69) is 18.6 Å². The Morgan fingerprint density at radius 3 is 2.25 bits per heavy atom. The summed E-state index contributed by atoms with van der Waals surface area (Å²) in [6.07, 6.45) is 9.38. The number of ketones is 2. The van der Waals surface area contributed by atoms with Crippen molar-refractivity contribution in [3.8, 4) is 0 Å². The van der Waals surface area contributed by atoms with Crippen LogP contribution in [0, 0.1) is 11.8 Å². The number of carbonyl (C=O) groups excluding carboxylic acids is 4. The molecule has 1 unspecified atom stereocenters. The predicted octanol–water partition coefficient (Wildman–Crippen LogP) is 4.58. The standard InChI is InChI=1S/C25H42O7/c1-6-7-15-25(3,31-5)16-9-10-19-13-14-23(32-18(2)26)21(19)12-8-11-20(27)17-22(28)24(29)30-4/h19,21,23H,6-17H2,1-5H3/t19-,21+,23-,25?/m0/s1. The van der Waals surface area contributed by atoms with Crippen LogP contribution in [0.3, 0.4) is 0 Å². The van der Waals surface area contributed by atoms with Crippen molar-refractivity contribution in [2.45, 2.75) is 110 Å². The molecule has 32 heavy (non-hydrogen) atoms. The predicted molar refractivity (Wildman–Crippen MR) is 121 cm³/mol. The van der Waals surface area contributed by atoms with Crippen molar-refractivity contribution in [2.75, 3.05) is 14.2 Å². The van der Waals surface area contributed by atoms with Crippen LogP contribution in [-0.4, -0.2) is 49.4 Å². The van der Waals surface area contributed by atoms with Crippen molar-refractivity contribution in [3.63, 3.8) is 0 Å². The van der Waals surface area contributed by atoms with Gasteiger partial charge in [0.2, 0.25) is 5.78 Å². The molecule has 0 aromatic heterocycles. The summed E-state index contributed by atoms with van der Waals surface area (Å²) in [6.45, 7) is 5.80. The molecule has 1 fully saturated rings. The Bertz CT molecular complexity index is 630. The van der Waals surface area contributed by atoms with Crippen molar-refractivity contribution in [3.05, 3.63) is 0 Å². The lowest BCUT2D eigenvalue weighted by molar-refractivity contribution is -0.152. The minimum atomic E-state index is -0.980. The van der Waals surface area contributed by atoms with Crippen LogP contribution in [0.4, 0.5) is 0 Å². The summed E-state index contributed by atoms with van der Waals surface area (Å²) < 4.78 is 15.7. The van der Waals surface area contributed by atoms with Gasteiger partial charge >= 0.3 is 11.9 Å². The van der Waals surface area contributed by atoms with Gasteiger partial charge in [0.05, 0.1) is 19.1 Å². The molecule has 1 saturated carbocycles. The first kappa shape index (κ1) is 28.3. The normalized spacial score (nSPS) is 22.2. The van der Waals surface area contributed by atoms with Crippen LogP contribution >= 0.6 is 0 Å². The number of ether oxygens (including phenoxy) is 3. The Kier molecular flexibility index (Phi) is 12.7. The molecule has 0 aromatic carbocycles. The Balaban J connectivity index is 2.59. The number of esters is 2. The molecule has 0 radical (unpaired) electrons. The lowest BCUT2D eigenvalue weighted by atomic mass is 9.84. The van der Waals surface area contributed by atoms with E-state index < -0.39 is 18.2 Å². The maximum absolute atomic E-state index is 12.1. The average Bonchev–Trinajstić information content (AvgIpc) is 3.12. The smallest absolute Gasteiger partial charge is 0.374 e. The molecule has 0 aliphatic heterocycles. The van der Waals surface area contributed by atoms with Gasteiger partial charge in [-0.2, -0.15) is 0 Å². The second kappa shape index (κ2) is 14.4. The third-order valence-corrected chi connectivity index (χ3v) is 6.82. The van der Waals surface area contributed by atoms with Crippen LogP contribution in [0.1, 0.15) is 97.8 Å².